The molecule has 28 heavy (non-hydrogen) atoms. The van der Waals surface area contributed by atoms with Crippen LogP contribution in [0.4, 0.5) is 5.69 Å². The Bertz CT molecular complexity index is 1060. The summed E-state index contributed by atoms with van der Waals surface area (Å²) in [6.07, 6.45) is 0.385. The minimum absolute atomic E-state index is 0.203. The van der Waals surface area contributed by atoms with E-state index in [4.69, 9.17) is 4.74 Å². The molecule has 5 nitrogen and oxygen atoms in total. The Hall–Kier alpha value is -3.12. The SMILES string of the molecule is CC(Oc1ccc(S(C)(=O)=O)cc1)C(=O)Nc1ccccc1-c1ccccc1. The highest BCUT2D eigenvalue weighted by atomic mass is 32.2. The Kier molecular flexibility index (Phi) is 5.80. The van der Waals surface area contributed by atoms with Crippen LogP contribution < -0.4 is 10.1 Å². The van der Waals surface area contributed by atoms with Crippen LogP contribution in [0.5, 0.6) is 5.75 Å². The van der Waals surface area contributed by atoms with E-state index in [-0.39, 0.29) is 10.8 Å². The third-order valence-electron chi connectivity index (χ3n) is 4.20. The van der Waals surface area contributed by atoms with Gasteiger partial charge in [-0.2, -0.15) is 0 Å². The molecule has 0 saturated carbocycles. The van der Waals surface area contributed by atoms with E-state index in [1.54, 1.807) is 6.92 Å². The van der Waals surface area contributed by atoms with E-state index in [0.29, 0.717) is 11.4 Å². The van der Waals surface area contributed by atoms with E-state index in [0.717, 1.165) is 17.4 Å². The lowest BCUT2D eigenvalue weighted by molar-refractivity contribution is -0.122. The van der Waals surface area contributed by atoms with Crippen LogP contribution in [0.3, 0.4) is 0 Å². The lowest BCUT2D eigenvalue weighted by Gasteiger charge is -2.17. The highest BCUT2D eigenvalue weighted by Gasteiger charge is 2.17. The van der Waals surface area contributed by atoms with Crippen LogP contribution in [0.25, 0.3) is 11.1 Å². The van der Waals surface area contributed by atoms with Crippen molar-refractivity contribution in [1.29, 1.82) is 0 Å². The lowest BCUT2D eigenvalue weighted by Crippen LogP contribution is -2.30. The van der Waals surface area contributed by atoms with Crippen molar-refractivity contribution in [3.05, 3.63) is 78.9 Å². The number of carbonyl (C=O) groups excluding carboxylic acids is 1. The van der Waals surface area contributed by atoms with Crippen LogP contribution in [-0.2, 0) is 14.6 Å². The molecule has 0 saturated heterocycles. The van der Waals surface area contributed by atoms with Crippen molar-refractivity contribution in [1.82, 2.24) is 0 Å². The highest BCUT2D eigenvalue weighted by molar-refractivity contribution is 7.90. The maximum absolute atomic E-state index is 12.6. The molecular formula is C22H21NO4S. The van der Waals surface area contributed by atoms with Gasteiger partial charge in [0.1, 0.15) is 5.75 Å². The van der Waals surface area contributed by atoms with Gasteiger partial charge in [-0.3, -0.25) is 4.79 Å². The fourth-order valence-corrected chi connectivity index (χ4v) is 3.35. The summed E-state index contributed by atoms with van der Waals surface area (Å²) in [6.45, 7) is 1.64. The van der Waals surface area contributed by atoms with Crippen LogP contribution in [0.1, 0.15) is 6.92 Å². The van der Waals surface area contributed by atoms with Crippen LogP contribution >= 0.6 is 0 Å². The smallest absolute Gasteiger partial charge is 0.265 e. The number of para-hydroxylation sites is 1. The van der Waals surface area contributed by atoms with E-state index in [1.807, 2.05) is 54.6 Å². The molecule has 1 amide bonds. The first-order chi connectivity index (χ1) is 13.3. The summed E-state index contributed by atoms with van der Waals surface area (Å²) >= 11 is 0. The van der Waals surface area contributed by atoms with Crippen LogP contribution in [-0.4, -0.2) is 26.7 Å². The normalized spacial score (nSPS) is 12.2. The number of anilines is 1. The topological polar surface area (TPSA) is 72.5 Å². The Morgan fingerprint density at radius 3 is 2.14 bits per heavy atom. The van der Waals surface area contributed by atoms with Crippen molar-refractivity contribution < 1.29 is 17.9 Å². The number of amides is 1. The predicted octanol–water partition coefficient (Wildman–Crippen LogP) is 4.16. The van der Waals surface area contributed by atoms with Gasteiger partial charge < -0.3 is 10.1 Å². The third-order valence-corrected chi connectivity index (χ3v) is 5.33. The maximum atomic E-state index is 12.6. The molecular weight excluding hydrogens is 374 g/mol. The largest absolute Gasteiger partial charge is 0.481 e. The summed E-state index contributed by atoms with van der Waals surface area (Å²) in [7, 11) is -3.27. The van der Waals surface area contributed by atoms with Crippen molar-refractivity contribution in [2.45, 2.75) is 17.9 Å². The van der Waals surface area contributed by atoms with Crippen molar-refractivity contribution in [2.24, 2.45) is 0 Å². The Morgan fingerprint density at radius 1 is 0.893 bits per heavy atom. The zero-order valence-corrected chi connectivity index (χ0v) is 16.4. The molecule has 1 unspecified atom stereocenters. The van der Waals surface area contributed by atoms with E-state index in [2.05, 4.69) is 5.32 Å². The number of sulfone groups is 1. The van der Waals surface area contributed by atoms with Crippen molar-refractivity contribution >= 4 is 21.4 Å². The monoisotopic (exact) mass is 395 g/mol. The molecule has 0 radical (unpaired) electrons. The summed E-state index contributed by atoms with van der Waals surface area (Å²) in [4.78, 5) is 12.8. The van der Waals surface area contributed by atoms with Gasteiger partial charge in [0.05, 0.1) is 4.90 Å². The maximum Gasteiger partial charge on any atom is 0.265 e. The summed E-state index contributed by atoms with van der Waals surface area (Å²) < 4.78 is 28.7. The molecule has 144 valence electrons. The summed E-state index contributed by atoms with van der Waals surface area (Å²) in [5, 5.41) is 2.90. The van der Waals surface area contributed by atoms with Crippen LogP contribution in [0, 0.1) is 0 Å². The molecule has 0 aliphatic carbocycles. The molecule has 1 N–H and O–H groups in total. The number of hydrogen-bond acceptors (Lipinski definition) is 4. The number of benzene rings is 3. The second kappa shape index (κ2) is 8.27. The van der Waals surface area contributed by atoms with Crippen molar-refractivity contribution in [2.75, 3.05) is 11.6 Å². The quantitative estimate of drug-likeness (QED) is 0.680. The first kappa shape index (κ1) is 19.6. The minimum atomic E-state index is -3.27. The molecule has 0 spiro atoms. The molecule has 3 aromatic rings. The standard InChI is InChI=1S/C22H21NO4S/c1-16(27-18-12-14-19(15-13-18)28(2,25)26)22(24)23-21-11-7-6-10-20(21)17-8-4-3-5-9-17/h3-16H,1-2H3,(H,23,24). The number of ether oxygens (including phenoxy) is 1. The van der Waals surface area contributed by atoms with Gasteiger partial charge in [0.2, 0.25) is 0 Å². The Labute approximate surface area is 164 Å². The number of carbonyl (C=O) groups is 1. The van der Waals surface area contributed by atoms with Gasteiger partial charge >= 0.3 is 0 Å². The van der Waals surface area contributed by atoms with Gasteiger partial charge in [0.25, 0.3) is 5.91 Å². The van der Waals surface area contributed by atoms with E-state index in [1.165, 1.54) is 24.3 Å². The summed E-state index contributed by atoms with van der Waals surface area (Å²) in [5.74, 6) is 0.127. The molecule has 0 fully saturated rings. The van der Waals surface area contributed by atoms with Gasteiger partial charge in [0, 0.05) is 17.5 Å². The number of nitrogens with one attached hydrogen (secondary N) is 1. The second-order valence-corrected chi connectivity index (χ2v) is 8.42. The summed E-state index contributed by atoms with van der Waals surface area (Å²) in [6, 6.07) is 23.3. The van der Waals surface area contributed by atoms with Gasteiger partial charge in [-0.15, -0.1) is 0 Å². The molecule has 0 bridgehead atoms. The highest BCUT2D eigenvalue weighted by Crippen LogP contribution is 2.27. The Balaban J connectivity index is 1.72. The summed E-state index contributed by atoms with van der Waals surface area (Å²) in [5.41, 5.74) is 2.62. The first-order valence-electron chi connectivity index (χ1n) is 8.77. The third kappa shape index (κ3) is 4.78. The second-order valence-electron chi connectivity index (χ2n) is 6.40. The number of hydrogen-bond donors (Lipinski definition) is 1. The predicted molar refractivity (Wildman–Crippen MR) is 110 cm³/mol. The lowest BCUT2D eigenvalue weighted by atomic mass is 10.0. The molecule has 0 aliphatic heterocycles. The van der Waals surface area contributed by atoms with Gasteiger partial charge in [0.15, 0.2) is 15.9 Å². The number of rotatable bonds is 6. The minimum Gasteiger partial charge on any atom is -0.481 e. The molecule has 0 aromatic heterocycles. The zero-order valence-electron chi connectivity index (χ0n) is 15.6. The molecule has 1 atom stereocenters. The fraction of sp³-hybridized carbons (Fsp3) is 0.136. The van der Waals surface area contributed by atoms with E-state index in [9.17, 15) is 13.2 Å². The fourth-order valence-electron chi connectivity index (χ4n) is 2.72. The first-order valence-corrected chi connectivity index (χ1v) is 10.7. The van der Waals surface area contributed by atoms with Crippen LogP contribution in [0.2, 0.25) is 0 Å². The molecule has 3 aromatic carbocycles. The molecule has 3 rings (SSSR count). The van der Waals surface area contributed by atoms with E-state index < -0.39 is 15.9 Å². The molecule has 6 heteroatoms. The van der Waals surface area contributed by atoms with Crippen molar-refractivity contribution in [3.8, 4) is 16.9 Å². The zero-order chi connectivity index (χ0) is 20.1. The van der Waals surface area contributed by atoms with Crippen molar-refractivity contribution in [3.63, 3.8) is 0 Å². The average molecular weight is 395 g/mol. The average Bonchev–Trinajstić information content (AvgIpc) is 2.69. The van der Waals surface area contributed by atoms with Crippen LogP contribution in [0.15, 0.2) is 83.8 Å². The van der Waals surface area contributed by atoms with Gasteiger partial charge in [-0.25, -0.2) is 8.42 Å². The van der Waals surface area contributed by atoms with Gasteiger partial charge in [-0.05, 0) is 42.8 Å². The Morgan fingerprint density at radius 2 is 1.50 bits per heavy atom. The van der Waals surface area contributed by atoms with Gasteiger partial charge in [-0.1, -0.05) is 48.5 Å². The van der Waals surface area contributed by atoms with E-state index >= 15 is 0 Å². The molecule has 0 heterocycles. The molecule has 0 aliphatic rings.